The molecule has 58 heavy (non-hydrogen) atoms. The van der Waals surface area contributed by atoms with Crippen LogP contribution in [0.25, 0.3) is 45.0 Å². The SMILES string of the molecule is O=S(=O)(O)C1=CNC(c2nnc(-c3ccccc3)c(-c3ccccc3)n2)(S(=O)(=O)O)C(S(=O)(=O)O)C1(c1nnc(-c2ccccc2)c(-c2ccccc2)n1)S(=O)(=O)O. The lowest BCUT2D eigenvalue weighted by molar-refractivity contribution is 0.300. The van der Waals surface area contributed by atoms with Crippen LogP contribution < -0.4 is 5.32 Å². The highest BCUT2D eigenvalue weighted by molar-refractivity contribution is 7.95. The fourth-order valence-corrected chi connectivity index (χ4v) is 13.0. The number of aromatic nitrogens is 6. The van der Waals surface area contributed by atoms with Crippen LogP contribution in [0.4, 0.5) is 0 Å². The first-order chi connectivity index (χ1) is 27.3. The summed E-state index contributed by atoms with van der Waals surface area (Å²) in [5.74, 6) is -3.00. The Balaban J connectivity index is 1.66. The van der Waals surface area contributed by atoms with Crippen LogP contribution in [-0.4, -0.2) is 87.5 Å². The molecule has 0 spiro atoms. The van der Waals surface area contributed by atoms with Crippen molar-refractivity contribution in [1.29, 1.82) is 0 Å². The molecule has 23 heteroatoms. The first-order valence-corrected chi connectivity index (χ1v) is 22.2. The van der Waals surface area contributed by atoms with Gasteiger partial charge in [-0.1, -0.05) is 121 Å². The minimum atomic E-state index is -6.64. The van der Waals surface area contributed by atoms with Crippen LogP contribution in [0.5, 0.6) is 0 Å². The van der Waals surface area contributed by atoms with Crippen LogP contribution >= 0.6 is 0 Å². The molecule has 0 amide bonds. The maximum absolute atomic E-state index is 14.1. The van der Waals surface area contributed by atoms with Gasteiger partial charge in [0.15, 0.2) is 16.9 Å². The van der Waals surface area contributed by atoms with E-state index in [-0.39, 0.29) is 45.7 Å². The number of nitrogens with zero attached hydrogens (tertiary/aromatic N) is 6. The van der Waals surface area contributed by atoms with Crippen molar-refractivity contribution in [2.24, 2.45) is 0 Å². The average Bonchev–Trinajstić information content (AvgIpc) is 3.19. The van der Waals surface area contributed by atoms with Crippen molar-refractivity contribution in [3.8, 4) is 45.0 Å². The Morgan fingerprint density at radius 3 is 1.17 bits per heavy atom. The number of rotatable bonds is 10. The minimum absolute atomic E-state index is 0.0358. The van der Waals surface area contributed by atoms with E-state index in [0.29, 0.717) is 5.56 Å². The molecule has 5 N–H and O–H groups in total. The summed E-state index contributed by atoms with van der Waals surface area (Å²) in [5, 5.41) is 13.5. The summed E-state index contributed by atoms with van der Waals surface area (Å²) >= 11 is 0. The second-order valence-corrected chi connectivity index (χ2v) is 18.7. The van der Waals surface area contributed by atoms with Gasteiger partial charge >= 0.3 is 0 Å². The molecule has 1 aliphatic rings. The molecule has 4 aromatic carbocycles. The second-order valence-electron chi connectivity index (χ2n) is 12.6. The summed E-state index contributed by atoms with van der Waals surface area (Å²) in [6.45, 7) is 0. The van der Waals surface area contributed by atoms with Gasteiger partial charge in [-0.05, 0) is 0 Å². The molecule has 6 aromatic rings. The van der Waals surface area contributed by atoms with Gasteiger partial charge in [-0.25, -0.2) is 9.97 Å². The highest BCUT2D eigenvalue weighted by atomic mass is 32.2. The molecule has 2 aromatic heterocycles. The van der Waals surface area contributed by atoms with Gasteiger partial charge in [0.05, 0.1) is 0 Å². The lowest BCUT2D eigenvalue weighted by Crippen LogP contribution is -2.71. The van der Waals surface area contributed by atoms with Crippen molar-refractivity contribution in [3.63, 3.8) is 0 Å². The molecule has 0 radical (unpaired) electrons. The standard InChI is InChI=1S/C35H27N7O12S4/c43-55(44,45)26-21-36-35(58(52,53)54,33-38-28(23-15-7-2-8-16-23)30(40-42-33)25-19-11-4-12-20-25)31(56(46,47)48)34(26,57(49,50)51)32-37-27(22-13-5-1-6-14-22)29(39-41-32)24-17-9-3-10-18-24/h1-21,31,36H,(H,43,44,45)(H,46,47,48)(H,49,50,51)(H,52,53,54). The third-order valence-electron chi connectivity index (χ3n) is 9.14. The molecule has 0 bridgehead atoms. The predicted molar refractivity (Wildman–Crippen MR) is 206 cm³/mol. The van der Waals surface area contributed by atoms with Crippen molar-refractivity contribution in [2.45, 2.75) is 14.9 Å². The maximum Gasteiger partial charge on any atom is 0.298 e. The summed E-state index contributed by atoms with van der Waals surface area (Å²) in [6, 6.07) is 31.0. The quantitative estimate of drug-likeness (QED) is 0.124. The van der Waals surface area contributed by atoms with Gasteiger partial charge in [0.1, 0.15) is 27.7 Å². The molecule has 3 unspecified atom stereocenters. The van der Waals surface area contributed by atoms with Gasteiger partial charge in [0.2, 0.25) is 9.62 Å². The molecule has 3 atom stereocenters. The zero-order valence-corrected chi connectivity index (χ0v) is 32.3. The first kappa shape index (κ1) is 40.3. The van der Waals surface area contributed by atoms with Crippen LogP contribution in [0.3, 0.4) is 0 Å². The second kappa shape index (κ2) is 14.5. The largest absolute Gasteiger partial charge is 0.362 e. The third-order valence-corrected chi connectivity index (χ3v) is 14.7. The van der Waals surface area contributed by atoms with Crippen molar-refractivity contribution >= 4 is 40.5 Å². The summed E-state index contributed by atoms with van der Waals surface area (Å²) < 4.78 is 150. The Morgan fingerprint density at radius 1 is 0.466 bits per heavy atom. The van der Waals surface area contributed by atoms with E-state index >= 15 is 0 Å². The summed E-state index contributed by atoms with van der Waals surface area (Å²) in [4.78, 5) is 2.33. The molecule has 3 heterocycles. The van der Waals surface area contributed by atoms with Crippen LogP contribution in [0.1, 0.15) is 11.6 Å². The third kappa shape index (κ3) is 6.71. The summed E-state index contributed by atoms with van der Waals surface area (Å²) in [7, 11) is -25.7. The van der Waals surface area contributed by atoms with E-state index in [0.717, 1.165) is 0 Å². The van der Waals surface area contributed by atoms with Gasteiger partial charge < -0.3 is 5.32 Å². The Labute approximate surface area is 330 Å². The molecule has 1 aliphatic heterocycles. The van der Waals surface area contributed by atoms with Gasteiger partial charge in [-0.2, -0.15) is 33.7 Å². The Morgan fingerprint density at radius 2 is 0.828 bits per heavy atom. The van der Waals surface area contributed by atoms with Crippen LogP contribution in [0.15, 0.2) is 132 Å². The van der Waals surface area contributed by atoms with E-state index in [4.69, 9.17) is 0 Å². The smallest absolute Gasteiger partial charge is 0.298 e. The average molecular weight is 866 g/mol. The molecule has 298 valence electrons. The van der Waals surface area contributed by atoms with Gasteiger partial charge in [0.25, 0.3) is 40.5 Å². The fraction of sp³-hybridized carbons (Fsp3) is 0.0857. The topological polar surface area (TPSA) is 307 Å². The zero-order chi connectivity index (χ0) is 41.7. The van der Waals surface area contributed by atoms with Crippen molar-refractivity contribution < 1.29 is 51.9 Å². The lowest BCUT2D eigenvalue weighted by Gasteiger charge is -2.46. The molecule has 7 rings (SSSR count). The Bertz CT molecular complexity index is 3040. The highest BCUT2D eigenvalue weighted by Crippen LogP contribution is 2.54. The summed E-state index contributed by atoms with van der Waals surface area (Å²) in [6.07, 6.45) is -0.0358. The molecule has 0 fully saturated rings. The lowest BCUT2D eigenvalue weighted by atomic mass is 9.91. The molecular weight excluding hydrogens is 839 g/mol. The number of hydrogen-bond donors (Lipinski definition) is 5. The molecular formula is C35H27N7O12S4. The monoisotopic (exact) mass is 865 g/mol. The Hall–Kier alpha value is -5.92. The number of hydrogen-bond acceptors (Lipinski definition) is 15. The summed E-state index contributed by atoms with van der Waals surface area (Å²) in [5.41, 5.74) is 0.189. The zero-order valence-electron chi connectivity index (χ0n) is 29.1. The number of benzene rings is 4. The van der Waals surface area contributed by atoms with Crippen molar-refractivity contribution in [3.05, 3.63) is 144 Å². The van der Waals surface area contributed by atoms with Crippen LogP contribution in [-0.2, 0) is 50.1 Å². The van der Waals surface area contributed by atoms with Crippen LogP contribution in [0.2, 0.25) is 0 Å². The highest BCUT2D eigenvalue weighted by Gasteiger charge is 2.78. The number of nitrogens with one attached hydrogen (secondary N) is 1. The van der Waals surface area contributed by atoms with Gasteiger partial charge in [-0.3, -0.25) is 18.2 Å². The fourth-order valence-electron chi connectivity index (χ4n) is 6.71. The van der Waals surface area contributed by atoms with E-state index in [1.165, 1.54) is 48.5 Å². The first-order valence-electron chi connectivity index (χ1n) is 16.4. The van der Waals surface area contributed by atoms with E-state index in [1.807, 2.05) is 5.32 Å². The molecule has 19 nitrogen and oxygen atoms in total. The Kier molecular flexibility index (Phi) is 10.1. The maximum atomic E-state index is 14.1. The normalized spacial score (nSPS) is 20.1. The van der Waals surface area contributed by atoms with E-state index < -0.39 is 71.9 Å². The van der Waals surface area contributed by atoms with Crippen LogP contribution in [0, 0.1) is 0 Å². The van der Waals surface area contributed by atoms with E-state index in [9.17, 15) is 51.9 Å². The predicted octanol–water partition coefficient (Wildman–Crippen LogP) is 3.14. The van der Waals surface area contributed by atoms with E-state index in [2.05, 4.69) is 30.4 Å². The van der Waals surface area contributed by atoms with Crippen molar-refractivity contribution in [1.82, 2.24) is 35.7 Å². The molecule has 0 saturated heterocycles. The molecule has 0 aliphatic carbocycles. The molecule has 0 saturated carbocycles. The van der Waals surface area contributed by atoms with Crippen molar-refractivity contribution in [2.75, 3.05) is 0 Å². The van der Waals surface area contributed by atoms with Gasteiger partial charge in [-0.15, -0.1) is 20.4 Å². The van der Waals surface area contributed by atoms with Gasteiger partial charge in [0, 0.05) is 28.5 Å². The van der Waals surface area contributed by atoms with E-state index in [1.54, 1.807) is 72.8 Å². The minimum Gasteiger partial charge on any atom is -0.362 e.